The predicted octanol–water partition coefficient (Wildman–Crippen LogP) is 1.78. The Labute approximate surface area is 120 Å². The van der Waals surface area contributed by atoms with Crippen molar-refractivity contribution in [3.05, 3.63) is 23.0 Å². The number of methoxy groups -OCH3 is 1. The molecule has 2 rings (SSSR count). The van der Waals surface area contributed by atoms with E-state index in [4.69, 9.17) is 4.74 Å². The number of rotatable bonds is 5. The van der Waals surface area contributed by atoms with E-state index in [9.17, 15) is 0 Å². The van der Waals surface area contributed by atoms with Gasteiger partial charge in [-0.05, 0) is 32.6 Å². The second-order valence-electron chi connectivity index (χ2n) is 5.30. The number of pyridine rings is 1. The van der Waals surface area contributed by atoms with Crippen molar-refractivity contribution in [1.82, 2.24) is 15.6 Å². The first-order chi connectivity index (χ1) is 9.65. The zero-order chi connectivity index (χ0) is 14.5. The molecule has 1 heterocycles. The van der Waals surface area contributed by atoms with Crippen molar-refractivity contribution >= 4 is 5.96 Å². The Balaban J connectivity index is 1.95. The van der Waals surface area contributed by atoms with Gasteiger partial charge >= 0.3 is 0 Å². The molecule has 1 aliphatic rings. The lowest BCUT2D eigenvalue weighted by Gasteiger charge is -2.15. The molecule has 0 saturated heterocycles. The van der Waals surface area contributed by atoms with E-state index in [-0.39, 0.29) is 0 Å². The van der Waals surface area contributed by atoms with Crippen LogP contribution in [-0.2, 0) is 6.54 Å². The monoisotopic (exact) mass is 276 g/mol. The van der Waals surface area contributed by atoms with Crippen molar-refractivity contribution in [3.8, 4) is 5.75 Å². The average Bonchev–Trinajstić information content (AvgIpc) is 3.25. The van der Waals surface area contributed by atoms with E-state index in [1.54, 1.807) is 14.2 Å². The summed E-state index contributed by atoms with van der Waals surface area (Å²) < 4.78 is 5.42. The van der Waals surface area contributed by atoms with Gasteiger partial charge in [-0.15, -0.1) is 0 Å². The van der Waals surface area contributed by atoms with Crippen LogP contribution in [0, 0.1) is 19.8 Å². The summed E-state index contributed by atoms with van der Waals surface area (Å²) in [6, 6.07) is 0. The summed E-state index contributed by atoms with van der Waals surface area (Å²) in [5.74, 6) is 2.57. The fourth-order valence-electron chi connectivity index (χ4n) is 2.20. The van der Waals surface area contributed by atoms with Crippen molar-refractivity contribution in [2.45, 2.75) is 33.2 Å². The van der Waals surface area contributed by atoms with E-state index in [0.29, 0.717) is 6.54 Å². The van der Waals surface area contributed by atoms with Crippen LogP contribution in [-0.4, -0.2) is 31.6 Å². The van der Waals surface area contributed by atoms with Crippen LogP contribution in [0.4, 0.5) is 0 Å². The smallest absolute Gasteiger partial charge is 0.191 e. The molecule has 0 atom stereocenters. The summed E-state index contributed by atoms with van der Waals surface area (Å²) in [6.45, 7) is 5.69. The van der Waals surface area contributed by atoms with Crippen LogP contribution in [0.3, 0.4) is 0 Å². The third kappa shape index (κ3) is 3.62. The second kappa shape index (κ2) is 6.59. The molecule has 1 aliphatic carbocycles. The summed E-state index contributed by atoms with van der Waals surface area (Å²) in [5.41, 5.74) is 3.13. The van der Waals surface area contributed by atoms with E-state index in [1.165, 1.54) is 12.8 Å². The number of nitrogens with zero attached hydrogens (tertiary/aromatic N) is 2. The molecule has 0 spiro atoms. The van der Waals surface area contributed by atoms with Crippen LogP contribution >= 0.6 is 0 Å². The molecule has 1 saturated carbocycles. The van der Waals surface area contributed by atoms with E-state index < -0.39 is 0 Å². The maximum absolute atomic E-state index is 5.42. The van der Waals surface area contributed by atoms with Crippen molar-refractivity contribution in [1.29, 1.82) is 0 Å². The highest BCUT2D eigenvalue weighted by Crippen LogP contribution is 2.27. The summed E-state index contributed by atoms with van der Waals surface area (Å²) in [4.78, 5) is 8.70. The van der Waals surface area contributed by atoms with Gasteiger partial charge in [0.25, 0.3) is 0 Å². The molecule has 5 heteroatoms. The van der Waals surface area contributed by atoms with E-state index in [2.05, 4.69) is 20.6 Å². The Morgan fingerprint density at radius 1 is 1.40 bits per heavy atom. The molecule has 0 aliphatic heterocycles. The molecule has 1 aromatic rings. The standard InChI is InChI=1S/C15H24N4O/c1-10-7-17-13(11(2)14(10)20-4)9-19-15(16-3)18-8-12-5-6-12/h7,12H,5-6,8-9H2,1-4H3,(H2,16,18,19). The highest BCUT2D eigenvalue weighted by molar-refractivity contribution is 5.79. The van der Waals surface area contributed by atoms with Crippen LogP contribution in [0.5, 0.6) is 5.75 Å². The number of hydrogen-bond donors (Lipinski definition) is 2. The van der Waals surface area contributed by atoms with Gasteiger partial charge in [0.15, 0.2) is 5.96 Å². The van der Waals surface area contributed by atoms with Crippen molar-refractivity contribution < 1.29 is 4.74 Å². The normalized spacial score (nSPS) is 15.1. The lowest BCUT2D eigenvalue weighted by molar-refractivity contribution is 0.406. The fourth-order valence-corrected chi connectivity index (χ4v) is 2.20. The molecule has 0 unspecified atom stereocenters. The Hall–Kier alpha value is -1.78. The van der Waals surface area contributed by atoms with Crippen molar-refractivity contribution in [2.75, 3.05) is 20.7 Å². The fraction of sp³-hybridized carbons (Fsp3) is 0.600. The first kappa shape index (κ1) is 14.6. The van der Waals surface area contributed by atoms with Crippen LogP contribution in [0.2, 0.25) is 0 Å². The number of ether oxygens (including phenoxy) is 1. The molecular weight excluding hydrogens is 252 g/mol. The molecule has 0 aromatic carbocycles. The van der Waals surface area contributed by atoms with Crippen LogP contribution in [0.25, 0.3) is 0 Å². The first-order valence-corrected chi connectivity index (χ1v) is 7.09. The second-order valence-corrected chi connectivity index (χ2v) is 5.30. The van der Waals surface area contributed by atoms with E-state index in [1.807, 2.05) is 20.0 Å². The number of aromatic nitrogens is 1. The van der Waals surface area contributed by atoms with Gasteiger partial charge in [-0.1, -0.05) is 0 Å². The zero-order valence-corrected chi connectivity index (χ0v) is 12.8. The quantitative estimate of drug-likeness (QED) is 0.636. The highest BCUT2D eigenvalue weighted by Gasteiger charge is 2.21. The summed E-state index contributed by atoms with van der Waals surface area (Å²) in [6.07, 6.45) is 4.52. The molecule has 110 valence electrons. The minimum atomic E-state index is 0.646. The summed E-state index contributed by atoms with van der Waals surface area (Å²) in [7, 11) is 3.49. The third-order valence-corrected chi connectivity index (χ3v) is 3.65. The maximum atomic E-state index is 5.42. The van der Waals surface area contributed by atoms with Gasteiger partial charge in [-0.2, -0.15) is 0 Å². The Bertz CT molecular complexity index is 495. The van der Waals surface area contributed by atoms with Gasteiger partial charge in [0.1, 0.15) is 5.75 Å². The van der Waals surface area contributed by atoms with Crippen LogP contribution < -0.4 is 15.4 Å². The van der Waals surface area contributed by atoms with Gasteiger partial charge in [-0.25, -0.2) is 0 Å². The first-order valence-electron chi connectivity index (χ1n) is 7.09. The number of hydrogen-bond acceptors (Lipinski definition) is 3. The molecule has 2 N–H and O–H groups in total. The molecule has 20 heavy (non-hydrogen) atoms. The SMILES string of the molecule is CN=C(NCc1ncc(C)c(OC)c1C)NCC1CC1. The van der Waals surface area contributed by atoms with Gasteiger partial charge in [-0.3, -0.25) is 9.98 Å². The van der Waals surface area contributed by atoms with Crippen LogP contribution in [0.1, 0.15) is 29.7 Å². The van der Waals surface area contributed by atoms with Gasteiger partial charge < -0.3 is 15.4 Å². The van der Waals surface area contributed by atoms with Gasteiger partial charge in [0.05, 0.1) is 19.3 Å². The van der Waals surface area contributed by atoms with E-state index in [0.717, 1.165) is 41.0 Å². The predicted molar refractivity (Wildman–Crippen MR) is 81.2 cm³/mol. The van der Waals surface area contributed by atoms with Gasteiger partial charge in [0, 0.05) is 30.9 Å². The Morgan fingerprint density at radius 3 is 2.75 bits per heavy atom. The zero-order valence-electron chi connectivity index (χ0n) is 12.8. The van der Waals surface area contributed by atoms with E-state index >= 15 is 0 Å². The number of guanidine groups is 1. The molecule has 1 aromatic heterocycles. The average molecular weight is 276 g/mol. The number of aliphatic imine (C=N–C) groups is 1. The molecule has 1 fully saturated rings. The highest BCUT2D eigenvalue weighted by atomic mass is 16.5. The topological polar surface area (TPSA) is 58.5 Å². The molecular formula is C15H24N4O. The molecule has 0 amide bonds. The summed E-state index contributed by atoms with van der Waals surface area (Å²) >= 11 is 0. The molecule has 0 radical (unpaired) electrons. The third-order valence-electron chi connectivity index (χ3n) is 3.65. The largest absolute Gasteiger partial charge is 0.496 e. The maximum Gasteiger partial charge on any atom is 0.191 e. The number of nitrogens with one attached hydrogen (secondary N) is 2. The lowest BCUT2D eigenvalue weighted by Crippen LogP contribution is -2.38. The minimum absolute atomic E-state index is 0.646. The lowest BCUT2D eigenvalue weighted by atomic mass is 10.1. The molecule has 0 bridgehead atoms. The Morgan fingerprint density at radius 2 is 2.15 bits per heavy atom. The summed E-state index contributed by atoms with van der Waals surface area (Å²) in [5, 5.41) is 6.64. The van der Waals surface area contributed by atoms with Crippen LogP contribution in [0.15, 0.2) is 11.2 Å². The van der Waals surface area contributed by atoms with Crippen molar-refractivity contribution in [2.24, 2.45) is 10.9 Å². The molecule has 5 nitrogen and oxygen atoms in total. The minimum Gasteiger partial charge on any atom is -0.496 e. The Kier molecular flexibility index (Phi) is 4.82. The number of aryl methyl sites for hydroxylation is 1. The van der Waals surface area contributed by atoms with Gasteiger partial charge in [0.2, 0.25) is 0 Å². The van der Waals surface area contributed by atoms with Crippen molar-refractivity contribution in [3.63, 3.8) is 0 Å².